The van der Waals surface area contributed by atoms with Crippen molar-refractivity contribution >= 4 is 0 Å². The second kappa shape index (κ2) is 4.88. The molecule has 59 valence electrons. The first-order chi connectivity index (χ1) is 5.43. The van der Waals surface area contributed by atoms with Gasteiger partial charge in [0.15, 0.2) is 0 Å². The lowest BCUT2D eigenvalue weighted by Crippen LogP contribution is -2.11. The SMILES string of the molecule is [NH]NCCCc1ccccc1. The first kappa shape index (κ1) is 8.24. The smallest absolute Gasteiger partial charge is 0.0117 e. The van der Waals surface area contributed by atoms with Crippen molar-refractivity contribution in [1.82, 2.24) is 11.3 Å². The van der Waals surface area contributed by atoms with E-state index < -0.39 is 0 Å². The number of nitrogens with one attached hydrogen (secondary N) is 2. The largest absolute Gasteiger partial charge is 0.243 e. The maximum Gasteiger partial charge on any atom is 0.0117 e. The van der Waals surface area contributed by atoms with E-state index in [1.807, 2.05) is 18.2 Å². The Hall–Kier alpha value is -0.860. The minimum atomic E-state index is 0.773. The minimum absolute atomic E-state index is 0.773. The van der Waals surface area contributed by atoms with Gasteiger partial charge in [0.25, 0.3) is 0 Å². The maximum absolute atomic E-state index is 6.72. The molecule has 0 saturated heterocycles. The van der Waals surface area contributed by atoms with Crippen molar-refractivity contribution in [2.45, 2.75) is 12.8 Å². The number of hydrogen-bond acceptors (Lipinski definition) is 1. The van der Waals surface area contributed by atoms with Crippen LogP contribution in [0.2, 0.25) is 0 Å². The molecule has 0 heterocycles. The van der Waals surface area contributed by atoms with Gasteiger partial charge in [-0.05, 0) is 18.4 Å². The van der Waals surface area contributed by atoms with Gasteiger partial charge in [0.2, 0.25) is 0 Å². The summed E-state index contributed by atoms with van der Waals surface area (Å²) in [6.07, 6.45) is 2.10. The van der Waals surface area contributed by atoms with E-state index >= 15 is 0 Å². The molecule has 0 aromatic heterocycles. The predicted octanol–water partition coefficient (Wildman–Crippen LogP) is 1.41. The Morgan fingerprint density at radius 3 is 2.55 bits per heavy atom. The third-order valence-electron chi connectivity index (χ3n) is 1.61. The van der Waals surface area contributed by atoms with E-state index in [0.29, 0.717) is 0 Å². The fraction of sp³-hybridized carbons (Fsp3) is 0.333. The molecule has 0 aliphatic heterocycles. The Labute approximate surface area is 67.4 Å². The van der Waals surface area contributed by atoms with Crippen molar-refractivity contribution in [3.05, 3.63) is 35.9 Å². The maximum atomic E-state index is 6.72. The molecule has 1 rings (SSSR count). The van der Waals surface area contributed by atoms with Gasteiger partial charge in [-0.3, -0.25) is 0 Å². The van der Waals surface area contributed by atoms with Crippen molar-refractivity contribution in [3.8, 4) is 0 Å². The van der Waals surface area contributed by atoms with Gasteiger partial charge >= 0.3 is 0 Å². The highest BCUT2D eigenvalue weighted by molar-refractivity contribution is 5.14. The van der Waals surface area contributed by atoms with Crippen molar-refractivity contribution in [2.75, 3.05) is 6.54 Å². The van der Waals surface area contributed by atoms with Gasteiger partial charge in [-0.2, -0.15) is 5.84 Å². The van der Waals surface area contributed by atoms with Crippen molar-refractivity contribution in [2.24, 2.45) is 0 Å². The first-order valence-corrected chi connectivity index (χ1v) is 3.87. The fourth-order valence-electron chi connectivity index (χ4n) is 1.03. The summed E-state index contributed by atoms with van der Waals surface area (Å²) >= 11 is 0. The summed E-state index contributed by atoms with van der Waals surface area (Å²) in [5.41, 5.74) is 3.74. The Morgan fingerprint density at radius 2 is 1.91 bits per heavy atom. The summed E-state index contributed by atoms with van der Waals surface area (Å²) in [7, 11) is 0. The zero-order valence-corrected chi connectivity index (χ0v) is 6.51. The van der Waals surface area contributed by atoms with E-state index in [-0.39, 0.29) is 0 Å². The van der Waals surface area contributed by atoms with Crippen LogP contribution in [0.5, 0.6) is 0 Å². The quantitative estimate of drug-likeness (QED) is 0.510. The molecular formula is C9H13N2. The van der Waals surface area contributed by atoms with Crippen LogP contribution in [0.15, 0.2) is 30.3 Å². The van der Waals surface area contributed by atoms with Gasteiger partial charge in [-0.25, -0.2) is 5.43 Å². The van der Waals surface area contributed by atoms with Crippen LogP contribution >= 0.6 is 0 Å². The van der Waals surface area contributed by atoms with Crippen LogP contribution in [-0.2, 0) is 6.42 Å². The van der Waals surface area contributed by atoms with Crippen LogP contribution in [0.4, 0.5) is 0 Å². The number of rotatable bonds is 4. The van der Waals surface area contributed by atoms with Crippen LogP contribution in [-0.4, -0.2) is 6.54 Å². The average molecular weight is 149 g/mol. The highest BCUT2D eigenvalue weighted by atomic mass is 15.2. The Kier molecular flexibility index (Phi) is 3.65. The third kappa shape index (κ3) is 3.16. The number of hydrogen-bond donors (Lipinski definition) is 1. The van der Waals surface area contributed by atoms with Gasteiger partial charge in [0.1, 0.15) is 0 Å². The Bertz CT molecular complexity index is 184. The van der Waals surface area contributed by atoms with Crippen LogP contribution in [0.3, 0.4) is 0 Å². The molecule has 1 radical (unpaired) electrons. The van der Waals surface area contributed by atoms with E-state index in [9.17, 15) is 0 Å². The lowest BCUT2D eigenvalue weighted by molar-refractivity contribution is 0.662. The third-order valence-corrected chi connectivity index (χ3v) is 1.61. The van der Waals surface area contributed by atoms with Gasteiger partial charge in [0, 0.05) is 6.54 Å². The van der Waals surface area contributed by atoms with Crippen molar-refractivity contribution < 1.29 is 0 Å². The van der Waals surface area contributed by atoms with Crippen molar-refractivity contribution in [3.63, 3.8) is 0 Å². The van der Waals surface area contributed by atoms with E-state index in [1.165, 1.54) is 5.56 Å². The standard InChI is InChI=1S/C9H13N2/c10-11-8-4-7-9-5-2-1-3-6-9/h1-3,5-6,10-11H,4,7-8H2. The van der Waals surface area contributed by atoms with Crippen LogP contribution in [0.1, 0.15) is 12.0 Å². The van der Waals surface area contributed by atoms with Crippen molar-refractivity contribution in [1.29, 1.82) is 0 Å². The Balaban J connectivity index is 2.28. The molecule has 1 aromatic carbocycles. The normalized spacial score (nSPS) is 9.91. The number of aryl methyl sites for hydroxylation is 1. The molecule has 0 spiro atoms. The van der Waals surface area contributed by atoms with Gasteiger partial charge in [-0.1, -0.05) is 30.3 Å². The molecule has 11 heavy (non-hydrogen) atoms. The molecule has 0 aliphatic rings. The summed E-state index contributed by atoms with van der Waals surface area (Å²) in [4.78, 5) is 0. The molecule has 0 saturated carbocycles. The molecule has 0 bridgehead atoms. The minimum Gasteiger partial charge on any atom is -0.243 e. The number of benzene rings is 1. The van der Waals surface area contributed by atoms with Gasteiger partial charge in [-0.15, -0.1) is 0 Å². The monoisotopic (exact) mass is 149 g/mol. The Morgan fingerprint density at radius 1 is 1.18 bits per heavy atom. The highest BCUT2D eigenvalue weighted by Crippen LogP contribution is 2.00. The predicted molar refractivity (Wildman–Crippen MR) is 45.9 cm³/mol. The van der Waals surface area contributed by atoms with Gasteiger partial charge in [0.05, 0.1) is 0 Å². The molecule has 0 atom stereocenters. The molecule has 0 fully saturated rings. The molecule has 2 N–H and O–H groups in total. The molecule has 0 unspecified atom stereocenters. The zero-order valence-electron chi connectivity index (χ0n) is 6.51. The first-order valence-electron chi connectivity index (χ1n) is 3.87. The van der Waals surface area contributed by atoms with E-state index in [1.54, 1.807) is 0 Å². The summed E-state index contributed by atoms with van der Waals surface area (Å²) < 4.78 is 0. The molecule has 1 aromatic rings. The molecule has 0 amide bonds. The van der Waals surface area contributed by atoms with Crippen LogP contribution < -0.4 is 11.3 Å². The molecule has 2 heteroatoms. The lowest BCUT2D eigenvalue weighted by atomic mass is 10.1. The summed E-state index contributed by atoms with van der Waals surface area (Å²) in [6, 6.07) is 10.3. The second-order valence-electron chi connectivity index (χ2n) is 2.52. The topological polar surface area (TPSA) is 35.8 Å². The van der Waals surface area contributed by atoms with E-state index in [0.717, 1.165) is 19.4 Å². The van der Waals surface area contributed by atoms with Crippen LogP contribution in [0, 0.1) is 0 Å². The molecular weight excluding hydrogens is 136 g/mol. The summed E-state index contributed by atoms with van der Waals surface area (Å²) in [6.45, 7) is 0.773. The van der Waals surface area contributed by atoms with Crippen LogP contribution in [0.25, 0.3) is 0 Å². The zero-order chi connectivity index (χ0) is 7.94. The van der Waals surface area contributed by atoms with Gasteiger partial charge < -0.3 is 0 Å². The lowest BCUT2D eigenvalue weighted by Gasteiger charge is -1.98. The second-order valence-corrected chi connectivity index (χ2v) is 2.52. The van der Waals surface area contributed by atoms with E-state index in [2.05, 4.69) is 17.6 Å². The van der Waals surface area contributed by atoms with E-state index in [4.69, 9.17) is 5.84 Å². The average Bonchev–Trinajstić information content (AvgIpc) is 2.07. The highest BCUT2D eigenvalue weighted by Gasteiger charge is 1.89. The fourth-order valence-corrected chi connectivity index (χ4v) is 1.03. The summed E-state index contributed by atoms with van der Waals surface area (Å²) in [5.74, 6) is 6.72. The summed E-state index contributed by atoms with van der Waals surface area (Å²) in [5, 5.41) is 0. The molecule has 0 aliphatic carbocycles. The molecule has 2 nitrogen and oxygen atoms in total.